The van der Waals surface area contributed by atoms with Crippen molar-refractivity contribution in [2.45, 2.75) is 26.3 Å². The number of hydrogen-bond donors (Lipinski definition) is 2. The van der Waals surface area contributed by atoms with Crippen molar-refractivity contribution in [3.05, 3.63) is 59.2 Å². The molecular formula is C17H19NO2. The first kappa shape index (κ1) is 14.3. The van der Waals surface area contributed by atoms with E-state index in [0.29, 0.717) is 6.42 Å². The van der Waals surface area contributed by atoms with Crippen LogP contribution in [0.1, 0.15) is 16.7 Å². The second-order valence-electron chi connectivity index (χ2n) is 5.12. The zero-order chi connectivity index (χ0) is 14.7. The highest BCUT2D eigenvalue weighted by Gasteiger charge is 2.13. The summed E-state index contributed by atoms with van der Waals surface area (Å²) in [6.07, 6.45) is 0.341. The first-order valence-corrected chi connectivity index (χ1v) is 6.63. The van der Waals surface area contributed by atoms with E-state index in [1.165, 1.54) is 16.7 Å². The van der Waals surface area contributed by atoms with E-state index in [9.17, 15) is 4.79 Å². The van der Waals surface area contributed by atoms with Gasteiger partial charge in [-0.25, -0.2) is 0 Å². The molecule has 2 rings (SSSR count). The summed E-state index contributed by atoms with van der Waals surface area (Å²) in [5.74, 6) is -0.970. The smallest absolute Gasteiger partial charge is 0.320 e. The Morgan fingerprint density at radius 2 is 1.75 bits per heavy atom. The third-order valence-electron chi connectivity index (χ3n) is 3.47. The van der Waals surface area contributed by atoms with Crippen LogP contribution in [0.15, 0.2) is 42.5 Å². The molecule has 1 unspecified atom stereocenters. The molecule has 0 aliphatic carbocycles. The van der Waals surface area contributed by atoms with Gasteiger partial charge in [0.2, 0.25) is 0 Å². The molecule has 0 spiro atoms. The summed E-state index contributed by atoms with van der Waals surface area (Å²) in [5, 5.41) is 8.89. The minimum absolute atomic E-state index is 0.341. The van der Waals surface area contributed by atoms with Crippen LogP contribution in [0, 0.1) is 13.8 Å². The SMILES string of the molecule is Cc1cccc(C)c1-c1cccc(CC(N)C(=O)O)c1. The minimum atomic E-state index is -0.970. The summed E-state index contributed by atoms with van der Waals surface area (Å²) in [5.41, 5.74) is 11.3. The molecule has 0 amide bonds. The molecule has 0 heterocycles. The predicted octanol–water partition coefficient (Wildman–Crippen LogP) is 2.92. The Balaban J connectivity index is 2.37. The number of carboxylic acid groups (broad SMARTS) is 1. The molecule has 3 heteroatoms. The van der Waals surface area contributed by atoms with Gasteiger partial charge in [0.15, 0.2) is 0 Å². The average molecular weight is 269 g/mol. The van der Waals surface area contributed by atoms with E-state index < -0.39 is 12.0 Å². The van der Waals surface area contributed by atoms with Crippen molar-refractivity contribution >= 4 is 5.97 Å². The van der Waals surface area contributed by atoms with E-state index in [2.05, 4.69) is 26.0 Å². The number of hydrogen-bond acceptors (Lipinski definition) is 2. The lowest BCUT2D eigenvalue weighted by molar-refractivity contribution is -0.138. The van der Waals surface area contributed by atoms with E-state index in [0.717, 1.165) is 11.1 Å². The van der Waals surface area contributed by atoms with Gasteiger partial charge in [-0.1, -0.05) is 42.5 Å². The fourth-order valence-corrected chi connectivity index (χ4v) is 2.46. The Morgan fingerprint density at radius 3 is 2.35 bits per heavy atom. The predicted molar refractivity (Wildman–Crippen MR) is 80.7 cm³/mol. The molecule has 0 saturated carbocycles. The maximum Gasteiger partial charge on any atom is 0.320 e. The summed E-state index contributed by atoms with van der Waals surface area (Å²) >= 11 is 0. The largest absolute Gasteiger partial charge is 0.480 e. The molecule has 2 aromatic carbocycles. The highest BCUT2D eigenvalue weighted by Crippen LogP contribution is 2.27. The summed E-state index contributed by atoms with van der Waals surface area (Å²) in [4.78, 5) is 10.8. The second kappa shape index (κ2) is 5.88. The fraction of sp³-hybridized carbons (Fsp3) is 0.235. The zero-order valence-electron chi connectivity index (χ0n) is 11.8. The molecule has 104 valence electrons. The lowest BCUT2D eigenvalue weighted by atomic mass is 9.93. The van der Waals surface area contributed by atoms with Crippen molar-refractivity contribution in [1.82, 2.24) is 0 Å². The number of benzene rings is 2. The maximum absolute atomic E-state index is 10.8. The van der Waals surface area contributed by atoms with Gasteiger partial charge in [0.1, 0.15) is 6.04 Å². The van der Waals surface area contributed by atoms with Crippen molar-refractivity contribution in [3.8, 4) is 11.1 Å². The van der Waals surface area contributed by atoms with E-state index in [-0.39, 0.29) is 0 Å². The van der Waals surface area contributed by atoms with Gasteiger partial charge in [-0.3, -0.25) is 4.79 Å². The fourth-order valence-electron chi connectivity index (χ4n) is 2.46. The average Bonchev–Trinajstić information content (AvgIpc) is 2.38. The lowest BCUT2D eigenvalue weighted by Crippen LogP contribution is -2.32. The van der Waals surface area contributed by atoms with Gasteiger partial charge in [-0.05, 0) is 48.1 Å². The first-order chi connectivity index (χ1) is 9.49. The number of aliphatic carboxylic acids is 1. The number of aryl methyl sites for hydroxylation is 2. The third kappa shape index (κ3) is 3.06. The van der Waals surface area contributed by atoms with Crippen LogP contribution in [0.2, 0.25) is 0 Å². The van der Waals surface area contributed by atoms with E-state index in [4.69, 9.17) is 10.8 Å². The summed E-state index contributed by atoms with van der Waals surface area (Å²) in [7, 11) is 0. The molecule has 0 aliphatic heterocycles. The van der Waals surface area contributed by atoms with Crippen LogP contribution in [-0.4, -0.2) is 17.1 Å². The van der Waals surface area contributed by atoms with E-state index in [1.54, 1.807) is 0 Å². The first-order valence-electron chi connectivity index (χ1n) is 6.63. The summed E-state index contributed by atoms with van der Waals surface area (Å²) < 4.78 is 0. The Kier molecular flexibility index (Phi) is 4.20. The Bertz CT molecular complexity index is 614. The summed E-state index contributed by atoms with van der Waals surface area (Å²) in [6, 6.07) is 13.3. The second-order valence-corrected chi connectivity index (χ2v) is 5.12. The molecule has 0 bridgehead atoms. The molecule has 0 fully saturated rings. The van der Waals surface area contributed by atoms with Gasteiger partial charge < -0.3 is 10.8 Å². The molecule has 0 aliphatic rings. The van der Waals surface area contributed by atoms with Crippen LogP contribution < -0.4 is 5.73 Å². The number of rotatable bonds is 4. The topological polar surface area (TPSA) is 63.3 Å². The van der Waals surface area contributed by atoms with Gasteiger partial charge in [-0.15, -0.1) is 0 Å². The van der Waals surface area contributed by atoms with E-state index in [1.807, 2.05) is 30.3 Å². The van der Waals surface area contributed by atoms with Crippen molar-refractivity contribution in [2.75, 3.05) is 0 Å². The zero-order valence-corrected chi connectivity index (χ0v) is 11.8. The molecule has 0 saturated heterocycles. The van der Waals surface area contributed by atoms with Gasteiger partial charge in [0.25, 0.3) is 0 Å². The van der Waals surface area contributed by atoms with Crippen LogP contribution >= 0.6 is 0 Å². The van der Waals surface area contributed by atoms with Gasteiger partial charge in [-0.2, -0.15) is 0 Å². The monoisotopic (exact) mass is 269 g/mol. The van der Waals surface area contributed by atoms with Crippen LogP contribution in [-0.2, 0) is 11.2 Å². The number of carbonyl (C=O) groups is 1. The van der Waals surface area contributed by atoms with Crippen molar-refractivity contribution in [2.24, 2.45) is 5.73 Å². The Labute approximate surface area is 119 Å². The van der Waals surface area contributed by atoms with Crippen LogP contribution in [0.5, 0.6) is 0 Å². The molecule has 3 nitrogen and oxygen atoms in total. The molecule has 3 N–H and O–H groups in total. The standard InChI is InChI=1S/C17H19NO2/c1-11-5-3-6-12(2)16(11)14-8-4-7-13(9-14)10-15(18)17(19)20/h3-9,15H,10,18H2,1-2H3,(H,19,20). The molecular weight excluding hydrogens is 250 g/mol. The van der Waals surface area contributed by atoms with Gasteiger partial charge >= 0.3 is 5.97 Å². The van der Waals surface area contributed by atoms with Crippen LogP contribution in [0.3, 0.4) is 0 Å². The number of carboxylic acids is 1. The van der Waals surface area contributed by atoms with Crippen molar-refractivity contribution in [3.63, 3.8) is 0 Å². The normalized spacial score (nSPS) is 12.2. The molecule has 1 atom stereocenters. The maximum atomic E-state index is 10.8. The number of nitrogens with two attached hydrogens (primary N) is 1. The van der Waals surface area contributed by atoms with E-state index >= 15 is 0 Å². The van der Waals surface area contributed by atoms with Crippen LogP contribution in [0.4, 0.5) is 0 Å². The third-order valence-corrected chi connectivity index (χ3v) is 3.47. The van der Waals surface area contributed by atoms with Crippen molar-refractivity contribution < 1.29 is 9.90 Å². The molecule has 0 radical (unpaired) electrons. The molecule has 20 heavy (non-hydrogen) atoms. The highest BCUT2D eigenvalue weighted by atomic mass is 16.4. The van der Waals surface area contributed by atoms with Crippen molar-refractivity contribution in [1.29, 1.82) is 0 Å². The Hall–Kier alpha value is -2.13. The van der Waals surface area contributed by atoms with Gasteiger partial charge in [0, 0.05) is 0 Å². The summed E-state index contributed by atoms with van der Waals surface area (Å²) in [6.45, 7) is 4.16. The highest BCUT2D eigenvalue weighted by molar-refractivity contribution is 5.74. The Morgan fingerprint density at radius 1 is 1.15 bits per heavy atom. The lowest BCUT2D eigenvalue weighted by Gasteiger charge is -2.12. The molecule has 2 aromatic rings. The van der Waals surface area contributed by atoms with Crippen LogP contribution in [0.25, 0.3) is 11.1 Å². The van der Waals surface area contributed by atoms with Gasteiger partial charge in [0.05, 0.1) is 0 Å². The quantitative estimate of drug-likeness (QED) is 0.897. The minimum Gasteiger partial charge on any atom is -0.480 e. The molecule has 0 aromatic heterocycles.